The Hall–Kier alpha value is -1.16. The number of benzene rings is 1. The van der Waals surface area contributed by atoms with E-state index in [4.69, 9.17) is 10.2 Å². The molecule has 0 aliphatic carbocycles. The fourth-order valence-corrected chi connectivity index (χ4v) is 5.01. The van der Waals surface area contributed by atoms with Gasteiger partial charge >= 0.3 is 0 Å². The lowest BCUT2D eigenvalue weighted by Crippen LogP contribution is -1.96. The molecule has 0 radical (unpaired) electrons. The molecule has 1 aromatic carbocycles. The van der Waals surface area contributed by atoms with Gasteiger partial charge in [-0.25, -0.2) is 4.98 Å². The number of rotatable bonds is 2. The van der Waals surface area contributed by atoms with E-state index < -0.39 is 0 Å². The van der Waals surface area contributed by atoms with Crippen molar-refractivity contribution in [3.63, 3.8) is 0 Å². The fraction of sp³-hybridized carbons (Fsp3) is 0.143. The number of fused-ring (bicyclic) bond motifs is 1. The topological polar surface area (TPSA) is 41.6 Å². The van der Waals surface area contributed by atoms with E-state index in [-0.39, 0.29) is 0 Å². The molecule has 3 nitrogen and oxygen atoms in total. The first kappa shape index (κ1) is 13.8. The van der Waals surface area contributed by atoms with Gasteiger partial charge in [0.25, 0.3) is 0 Å². The van der Waals surface area contributed by atoms with Crippen LogP contribution in [0.2, 0.25) is 0 Å². The molecule has 6 heteroatoms. The van der Waals surface area contributed by atoms with E-state index in [1.807, 2.05) is 18.2 Å². The first-order valence-corrected chi connectivity index (χ1v) is 8.40. The van der Waals surface area contributed by atoms with Crippen molar-refractivity contribution in [1.82, 2.24) is 9.55 Å². The highest BCUT2D eigenvalue weighted by Crippen LogP contribution is 2.39. The number of thiophene rings is 1. The van der Waals surface area contributed by atoms with Crippen LogP contribution in [0.3, 0.4) is 0 Å². The monoisotopic (exact) mass is 409 g/mol. The molecule has 0 saturated heterocycles. The Bertz CT molecular complexity index is 842. The summed E-state index contributed by atoms with van der Waals surface area (Å²) in [6, 6.07) is 9.85. The Morgan fingerprint density at radius 2 is 2.15 bits per heavy atom. The van der Waals surface area contributed by atoms with E-state index in [9.17, 15) is 0 Å². The molecule has 0 unspecified atom stereocenters. The zero-order valence-electron chi connectivity index (χ0n) is 10.5. The molecule has 0 aliphatic rings. The Labute approximate surface area is 137 Å². The average molecular weight is 411 g/mol. The van der Waals surface area contributed by atoms with Gasteiger partial charge in [-0.1, -0.05) is 0 Å². The first-order valence-electron chi connectivity index (χ1n) is 5.99. The Morgan fingerprint density at radius 3 is 2.75 bits per heavy atom. The zero-order valence-corrected chi connectivity index (χ0v) is 14.5. The molecule has 0 aliphatic heterocycles. The number of aryl methyl sites for hydroxylation is 1. The predicted octanol–water partition coefficient (Wildman–Crippen LogP) is 5.18. The van der Waals surface area contributed by atoms with Crippen molar-refractivity contribution in [2.45, 2.75) is 13.5 Å². The van der Waals surface area contributed by atoms with Gasteiger partial charge in [0, 0.05) is 12.1 Å². The maximum Gasteiger partial charge on any atom is 0.143 e. The number of imidazole rings is 1. The second-order valence-corrected chi connectivity index (χ2v) is 7.98. The van der Waals surface area contributed by atoms with Crippen LogP contribution in [0.25, 0.3) is 22.4 Å². The largest absolute Gasteiger partial charge is 0.324 e. The first-order chi connectivity index (χ1) is 9.63. The van der Waals surface area contributed by atoms with Gasteiger partial charge < -0.3 is 4.57 Å². The van der Waals surface area contributed by atoms with Crippen LogP contribution in [0.4, 0.5) is 0 Å². The third-order valence-electron chi connectivity index (χ3n) is 3.09. The molecular weight excluding hydrogens is 402 g/mol. The molecule has 0 atom stereocenters. The van der Waals surface area contributed by atoms with Crippen molar-refractivity contribution in [3.8, 4) is 17.5 Å². The number of nitriles is 1. The van der Waals surface area contributed by atoms with Gasteiger partial charge in [-0.05, 0) is 63.0 Å². The minimum atomic E-state index is 0.635. The van der Waals surface area contributed by atoms with Crippen LogP contribution in [-0.4, -0.2) is 9.55 Å². The summed E-state index contributed by atoms with van der Waals surface area (Å²) < 4.78 is 4.28. The van der Waals surface area contributed by atoms with Gasteiger partial charge in [-0.15, -0.1) is 11.3 Å². The van der Waals surface area contributed by atoms with Gasteiger partial charge in [0.2, 0.25) is 0 Å². The summed E-state index contributed by atoms with van der Waals surface area (Å²) in [4.78, 5) is 4.70. The lowest BCUT2D eigenvalue weighted by Gasteiger charge is -2.04. The summed E-state index contributed by atoms with van der Waals surface area (Å²) in [6.07, 6.45) is 0. The van der Waals surface area contributed by atoms with Crippen LogP contribution in [0.5, 0.6) is 0 Å². The van der Waals surface area contributed by atoms with E-state index in [1.165, 1.54) is 0 Å². The third-order valence-corrected chi connectivity index (χ3v) is 5.43. The maximum atomic E-state index is 9.00. The van der Waals surface area contributed by atoms with Crippen LogP contribution in [0.1, 0.15) is 12.5 Å². The highest BCUT2D eigenvalue weighted by Gasteiger charge is 2.16. The molecule has 2 heterocycles. The smallest absolute Gasteiger partial charge is 0.143 e. The minimum absolute atomic E-state index is 0.635. The second-order valence-electron chi connectivity index (χ2n) is 4.23. The lowest BCUT2D eigenvalue weighted by atomic mass is 10.2. The lowest BCUT2D eigenvalue weighted by molar-refractivity contribution is 0.796. The molecule has 0 spiro atoms. The number of nitrogens with zero attached hydrogens (tertiary/aromatic N) is 3. The van der Waals surface area contributed by atoms with Crippen LogP contribution in [0.15, 0.2) is 31.8 Å². The normalized spacial score (nSPS) is 10.9. The molecular formula is C14H9Br2N3S. The van der Waals surface area contributed by atoms with E-state index >= 15 is 0 Å². The second kappa shape index (κ2) is 5.32. The highest BCUT2D eigenvalue weighted by molar-refractivity contribution is 9.12. The van der Waals surface area contributed by atoms with Crippen LogP contribution < -0.4 is 0 Å². The highest BCUT2D eigenvalue weighted by atomic mass is 79.9. The zero-order chi connectivity index (χ0) is 14.3. The number of hydrogen-bond donors (Lipinski definition) is 0. The SMILES string of the molecule is CCn1c(-c2cc(Br)sc2Br)nc2cc(C#N)ccc21. The van der Waals surface area contributed by atoms with Crippen molar-refractivity contribution in [1.29, 1.82) is 5.26 Å². The molecule has 0 fully saturated rings. The fourth-order valence-electron chi connectivity index (χ4n) is 2.22. The molecule has 2 aromatic heterocycles. The van der Waals surface area contributed by atoms with Crippen molar-refractivity contribution >= 4 is 54.2 Å². The molecule has 0 bridgehead atoms. The minimum Gasteiger partial charge on any atom is -0.324 e. The summed E-state index contributed by atoms with van der Waals surface area (Å²) in [7, 11) is 0. The average Bonchev–Trinajstić information content (AvgIpc) is 2.96. The third kappa shape index (κ3) is 2.20. The summed E-state index contributed by atoms with van der Waals surface area (Å²) in [5.74, 6) is 0.923. The van der Waals surface area contributed by atoms with Gasteiger partial charge in [-0.2, -0.15) is 5.26 Å². The van der Waals surface area contributed by atoms with Gasteiger partial charge in [0.05, 0.1) is 30.2 Å². The van der Waals surface area contributed by atoms with Crippen LogP contribution >= 0.6 is 43.2 Å². The molecule has 100 valence electrons. The predicted molar refractivity (Wildman–Crippen MR) is 88.8 cm³/mol. The van der Waals surface area contributed by atoms with Crippen molar-refractivity contribution < 1.29 is 0 Å². The quantitative estimate of drug-likeness (QED) is 0.583. The van der Waals surface area contributed by atoms with Crippen molar-refractivity contribution in [3.05, 3.63) is 37.4 Å². The summed E-state index contributed by atoms with van der Waals surface area (Å²) in [6.45, 7) is 2.93. The van der Waals surface area contributed by atoms with E-state index in [0.29, 0.717) is 5.56 Å². The molecule has 0 saturated carbocycles. The number of halogens is 2. The Balaban J connectivity index is 2.30. The molecule has 3 rings (SSSR count). The van der Waals surface area contributed by atoms with E-state index in [0.717, 1.165) is 36.5 Å². The Kier molecular flexibility index (Phi) is 3.67. The summed E-state index contributed by atoms with van der Waals surface area (Å²) >= 11 is 8.72. The van der Waals surface area contributed by atoms with Gasteiger partial charge in [0.15, 0.2) is 0 Å². The molecule has 3 aromatic rings. The van der Waals surface area contributed by atoms with Crippen LogP contribution in [-0.2, 0) is 6.54 Å². The van der Waals surface area contributed by atoms with E-state index in [1.54, 1.807) is 11.3 Å². The van der Waals surface area contributed by atoms with Crippen LogP contribution in [0, 0.1) is 11.3 Å². The molecule has 0 N–H and O–H groups in total. The number of hydrogen-bond acceptors (Lipinski definition) is 3. The Morgan fingerprint density at radius 1 is 1.35 bits per heavy atom. The van der Waals surface area contributed by atoms with Gasteiger partial charge in [-0.3, -0.25) is 0 Å². The summed E-state index contributed by atoms with van der Waals surface area (Å²) in [5.41, 5.74) is 3.61. The maximum absolute atomic E-state index is 9.00. The van der Waals surface area contributed by atoms with E-state index in [2.05, 4.69) is 55.5 Å². The van der Waals surface area contributed by atoms with Crippen molar-refractivity contribution in [2.24, 2.45) is 0 Å². The molecule has 20 heavy (non-hydrogen) atoms. The number of aromatic nitrogens is 2. The molecule has 0 amide bonds. The summed E-state index contributed by atoms with van der Waals surface area (Å²) in [5, 5.41) is 9.00. The van der Waals surface area contributed by atoms with Crippen molar-refractivity contribution in [2.75, 3.05) is 0 Å². The standard InChI is InChI=1S/C14H9Br2N3S/c1-2-19-11-4-3-8(7-17)5-10(11)18-14(19)9-6-12(15)20-13(9)16/h3-6H,2H2,1H3. The van der Waals surface area contributed by atoms with Gasteiger partial charge in [0.1, 0.15) is 5.82 Å².